The van der Waals surface area contributed by atoms with E-state index in [0.29, 0.717) is 13.2 Å². The van der Waals surface area contributed by atoms with Gasteiger partial charge in [-0.25, -0.2) is 0 Å². The van der Waals surface area contributed by atoms with E-state index < -0.39 is 5.91 Å². The zero-order valence-corrected chi connectivity index (χ0v) is 16.8. The molecule has 0 aromatic rings. The van der Waals surface area contributed by atoms with Gasteiger partial charge in [-0.3, -0.25) is 9.59 Å². The summed E-state index contributed by atoms with van der Waals surface area (Å²) in [7, 11) is 0.487. The molecule has 2 amide bonds. The minimum absolute atomic E-state index is 0.234. The van der Waals surface area contributed by atoms with Gasteiger partial charge in [-0.2, -0.15) is 0 Å². The molecular formula is C21H38BNO2. The first-order valence-electron chi connectivity index (χ1n) is 10.3. The second kappa shape index (κ2) is 16.2. The van der Waals surface area contributed by atoms with E-state index in [4.69, 9.17) is 6.42 Å². The maximum absolute atomic E-state index is 11.8. The monoisotopic (exact) mass is 347 g/mol. The number of carbonyl (C=O) groups excluding carboxylic acids is 2. The summed E-state index contributed by atoms with van der Waals surface area (Å²) in [5.74, 6) is 1.75. The zero-order valence-electron chi connectivity index (χ0n) is 16.8. The van der Waals surface area contributed by atoms with E-state index in [1.165, 1.54) is 82.4 Å². The van der Waals surface area contributed by atoms with Crippen molar-refractivity contribution in [3.8, 4) is 12.3 Å². The topological polar surface area (TPSA) is 37.4 Å². The van der Waals surface area contributed by atoms with E-state index in [9.17, 15) is 9.59 Å². The zero-order chi connectivity index (χ0) is 18.9. The van der Waals surface area contributed by atoms with Crippen molar-refractivity contribution in [1.82, 2.24) is 4.81 Å². The van der Waals surface area contributed by atoms with Gasteiger partial charge in [0.05, 0.1) is 0 Å². The number of terminal acetylenes is 1. The average Bonchev–Trinajstić information content (AvgIpc) is 2.60. The van der Waals surface area contributed by atoms with Gasteiger partial charge in [0.2, 0.25) is 5.91 Å². The third-order valence-corrected chi connectivity index (χ3v) is 4.87. The van der Waals surface area contributed by atoms with E-state index in [0.717, 1.165) is 12.8 Å². The molecule has 0 aliphatic carbocycles. The molecule has 0 saturated heterocycles. The largest absolute Gasteiger partial charge is 0.322 e. The highest BCUT2D eigenvalue weighted by Gasteiger charge is 2.22. The molecule has 0 aromatic carbocycles. The van der Waals surface area contributed by atoms with Gasteiger partial charge >= 0.3 is 0 Å². The molecule has 1 atom stereocenters. The Morgan fingerprint density at radius 1 is 0.880 bits per heavy atom. The highest BCUT2D eigenvalue weighted by molar-refractivity contribution is 6.45. The van der Waals surface area contributed by atoms with Crippen LogP contribution in [0, 0.1) is 12.3 Å². The predicted octanol–water partition coefficient (Wildman–Crippen LogP) is 5.25. The molecule has 0 spiro atoms. The molecule has 0 radical (unpaired) electrons. The minimum Gasteiger partial charge on any atom is -0.322 e. The number of rotatable bonds is 15. The van der Waals surface area contributed by atoms with Gasteiger partial charge in [-0.15, -0.1) is 6.42 Å². The van der Waals surface area contributed by atoms with Crippen molar-refractivity contribution in [2.24, 2.45) is 0 Å². The SMILES string of the molecule is C#CC(=O)N(BC(CCCCCCC)CCCCCCCC)C(C)=O. The number of nitrogens with zero attached hydrogens (tertiary/aromatic N) is 1. The Kier molecular flexibility index (Phi) is 15.4. The molecule has 4 heteroatoms. The molecule has 0 rings (SSSR count). The number of imide groups is 1. The van der Waals surface area contributed by atoms with Crippen LogP contribution in [0.15, 0.2) is 0 Å². The van der Waals surface area contributed by atoms with Gasteiger partial charge < -0.3 is 4.81 Å². The average molecular weight is 347 g/mol. The van der Waals surface area contributed by atoms with E-state index in [-0.39, 0.29) is 5.91 Å². The molecule has 25 heavy (non-hydrogen) atoms. The number of amides is 2. The Bertz CT molecular complexity index is 403. The van der Waals surface area contributed by atoms with E-state index in [1.54, 1.807) is 0 Å². The van der Waals surface area contributed by atoms with E-state index in [1.807, 2.05) is 0 Å². The molecule has 0 N–H and O–H groups in total. The smallest absolute Gasteiger partial charge is 0.292 e. The molecule has 0 aliphatic heterocycles. The summed E-state index contributed by atoms with van der Waals surface area (Å²) >= 11 is 0. The van der Waals surface area contributed by atoms with Crippen LogP contribution in [0.5, 0.6) is 0 Å². The fourth-order valence-electron chi connectivity index (χ4n) is 3.27. The van der Waals surface area contributed by atoms with E-state index in [2.05, 4.69) is 19.8 Å². The summed E-state index contributed by atoms with van der Waals surface area (Å²) in [6.45, 7) is 5.88. The summed E-state index contributed by atoms with van der Waals surface area (Å²) in [6.07, 6.45) is 21.2. The van der Waals surface area contributed by atoms with Crippen LogP contribution < -0.4 is 0 Å². The molecule has 0 aromatic heterocycles. The summed E-state index contributed by atoms with van der Waals surface area (Å²) < 4.78 is 0. The second-order valence-electron chi connectivity index (χ2n) is 7.20. The van der Waals surface area contributed by atoms with Crippen molar-refractivity contribution in [3.63, 3.8) is 0 Å². The minimum atomic E-state index is -0.494. The van der Waals surface area contributed by atoms with Crippen LogP contribution in [0.1, 0.15) is 104 Å². The fraction of sp³-hybridized carbons (Fsp3) is 0.810. The van der Waals surface area contributed by atoms with Crippen molar-refractivity contribution < 1.29 is 9.59 Å². The predicted molar refractivity (Wildman–Crippen MR) is 109 cm³/mol. The number of carbonyl (C=O) groups is 2. The van der Waals surface area contributed by atoms with Gasteiger partial charge in [0.15, 0.2) is 0 Å². The Morgan fingerprint density at radius 3 is 1.72 bits per heavy atom. The number of hydrogen-bond acceptors (Lipinski definition) is 2. The van der Waals surface area contributed by atoms with Crippen LogP contribution in [-0.2, 0) is 9.59 Å². The Labute approximate surface area is 156 Å². The molecule has 0 bridgehead atoms. The van der Waals surface area contributed by atoms with Crippen LogP contribution in [0.25, 0.3) is 0 Å². The van der Waals surface area contributed by atoms with Crippen LogP contribution in [-0.4, -0.2) is 24.0 Å². The second-order valence-corrected chi connectivity index (χ2v) is 7.20. The third-order valence-electron chi connectivity index (χ3n) is 4.87. The summed E-state index contributed by atoms with van der Waals surface area (Å²) in [6, 6.07) is 0. The maximum Gasteiger partial charge on any atom is 0.292 e. The quantitative estimate of drug-likeness (QED) is 0.231. The number of hydrogen-bond donors (Lipinski definition) is 0. The lowest BCUT2D eigenvalue weighted by Gasteiger charge is -2.22. The Morgan fingerprint density at radius 2 is 1.32 bits per heavy atom. The van der Waals surface area contributed by atoms with E-state index >= 15 is 0 Å². The fourth-order valence-corrected chi connectivity index (χ4v) is 3.27. The highest BCUT2D eigenvalue weighted by Crippen LogP contribution is 2.24. The van der Waals surface area contributed by atoms with Crippen molar-refractivity contribution in [1.29, 1.82) is 0 Å². The standard InChI is InChI=1S/C21H38BNO2/c1-5-8-10-12-14-16-18-20(17-15-13-11-9-6-2)22-23(19(4)24)21(25)7-3/h3,20,22H,5-6,8-18H2,1-2,4H3. The maximum atomic E-state index is 11.8. The molecule has 0 saturated carbocycles. The molecule has 0 heterocycles. The Balaban J connectivity index is 4.41. The molecule has 142 valence electrons. The molecule has 3 nitrogen and oxygen atoms in total. The summed E-state index contributed by atoms with van der Waals surface area (Å²) in [5.41, 5.74) is 0. The van der Waals surface area contributed by atoms with Crippen molar-refractivity contribution >= 4 is 19.2 Å². The van der Waals surface area contributed by atoms with Crippen molar-refractivity contribution in [3.05, 3.63) is 0 Å². The summed E-state index contributed by atoms with van der Waals surface area (Å²) in [4.78, 5) is 24.8. The summed E-state index contributed by atoms with van der Waals surface area (Å²) in [5, 5.41) is 0. The van der Waals surface area contributed by atoms with Crippen LogP contribution in [0.4, 0.5) is 0 Å². The third kappa shape index (κ3) is 12.7. The van der Waals surface area contributed by atoms with Gasteiger partial charge in [-0.05, 0) is 11.7 Å². The molecule has 1 unspecified atom stereocenters. The van der Waals surface area contributed by atoms with Crippen LogP contribution >= 0.6 is 0 Å². The first-order valence-corrected chi connectivity index (χ1v) is 10.3. The van der Waals surface area contributed by atoms with Crippen molar-refractivity contribution in [2.45, 2.75) is 110 Å². The van der Waals surface area contributed by atoms with Gasteiger partial charge in [0.25, 0.3) is 13.3 Å². The van der Waals surface area contributed by atoms with Gasteiger partial charge in [-0.1, -0.05) is 97.3 Å². The first-order chi connectivity index (χ1) is 12.1. The lowest BCUT2D eigenvalue weighted by Crippen LogP contribution is -2.39. The normalized spacial score (nSPS) is 11.6. The Hall–Kier alpha value is -1.24. The van der Waals surface area contributed by atoms with Crippen LogP contribution in [0.3, 0.4) is 0 Å². The lowest BCUT2D eigenvalue weighted by molar-refractivity contribution is -0.134. The molecular weight excluding hydrogens is 309 g/mol. The highest BCUT2D eigenvalue weighted by atomic mass is 16.2. The number of unbranched alkanes of at least 4 members (excludes halogenated alkanes) is 9. The van der Waals surface area contributed by atoms with Gasteiger partial charge in [0, 0.05) is 6.92 Å². The van der Waals surface area contributed by atoms with Crippen molar-refractivity contribution in [2.75, 3.05) is 0 Å². The first kappa shape index (κ1) is 23.8. The lowest BCUT2D eigenvalue weighted by atomic mass is 9.68. The van der Waals surface area contributed by atoms with Crippen LogP contribution in [0.2, 0.25) is 5.82 Å². The molecule has 0 aliphatic rings. The molecule has 0 fully saturated rings. The van der Waals surface area contributed by atoms with Gasteiger partial charge in [0.1, 0.15) is 0 Å².